The van der Waals surface area contributed by atoms with E-state index in [9.17, 15) is 0 Å². The van der Waals surface area contributed by atoms with Gasteiger partial charge in [0.25, 0.3) is 0 Å². The Labute approximate surface area is 103 Å². The average Bonchev–Trinajstić information content (AvgIpc) is 2.33. The first kappa shape index (κ1) is 12.6. The summed E-state index contributed by atoms with van der Waals surface area (Å²) < 4.78 is 0. The second-order valence-electron chi connectivity index (χ2n) is 4.51. The number of nitrogens with zero attached hydrogens (tertiary/aromatic N) is 2. The van der Waals surface area contributed by atoms with Gasteiger partial charge in [-0.05, 0) is 18.4 Å². The van der Waals surface area contributed by atoms with Crippen LogP contribution in [0.2, 0.25) is 0 Å². The highest BCUT2D eigenvalue weighted by Gasteiger charge is 2.26. The number of nitrogens with two attached hydrogens (primary N) is 1. The number of nitrogen functional groups attached to an aromatic ring is 1. The summed E-state index contributed by atoms with van der Waals surface area (Å²) in [6.07, 6.45) is 4.55. The van der Waals surface area contributed by atoms with Crippen LogP contribution >= 0.6 is 8.96 Å². The minimum atomic E-state index is -0.201. The Bertz CT molecular complexity index is 376. The van der Waals surface area contributed by atoms with Crippen LogP contribution in [-0.4, -0.2) is 29.0 Å². The number of hydrogen-bond acceptors (Lipinski definition) is 5. The zero-order valence-electron chi connectivity index (χ0n) is 9.93. The molecule has 5 nitrogen and oxygen atoms in total. The highest BCUT2D eigenvalue weighted by molar-refractivity contribution is 7.28. The number of pyridine rings is 1. The molecule has 2 rings (SSSR count). The molecule has 0 radical (unpaired) electrons. The summed E-state index contributed by atoms with van der Waals surface area (Å²) in [6, 6.07) is 2.27. The molecule has 0 saturated carbocycles. The first-order chi connectivity index (χ1) is 8.22. The van der Waals surface area contributed by atoms with Crippen molar-refractivity contribution in [1.29, 1.82) is 0 Å². The van der Waals surface area contributed by atoms with Crippen LogP contribution in [0.5, 0.6) is 0 Å². The summed E-state index contributed by atoms with van der Waals surface area (Å²) in [7, 11) is -0.201. The fourth-order valence-electron chi connectivity index (χ4n) is 2.25. The van der Waals surface area contributed by atoms with Gasteiger partial charge in [0.1, 0.15) is 0 Å². The average molecular weight is 254 g/mol. The van der Waals surface area contributed by atoms with Crippen molar-refractivity contribution < 1.29 is 4.89 Å². The molecule has 0 spiro atoms. The van der Waals surface area contributed by atoms with E-state index in [2.05, 4.69) is 21.9 Å². The number of nitrogens with one attached hydrogen (secondary N) is 1. The monoisotopic (exact) mass is 254 g/mol. The Morgan fingerprint density at radius 3 is 3.18 bits per heavy atom. The van der Waals surface area contributed by atoms with E-state index < -0.39 is 0 Å². The van der Waals surface area contributed by atoms with E-state index in [1.807, 2.05) is 6.07 Å². The molecule has 1 aromatic heterocycles. The second kappa shape index (κ2) is 5.63. The van der Waals surface area contributed by atoms with Crippen molar-refractivity contribution in [3.63, 3.8) is 0 Å². The van der Waals surface area contributed by atoms with Gasteiger partial charge in [0, 0.05) is 25.3 Å². The lowest BCUT2D eigenvalue weighted by Crippen LogP contribution is -2.48. The molecule has 4 N–H and O–H groups in total. The molecule has 1 aromatic rings. The summed E-state index contributed by atoms with van der Waals surface area (Å²) in [5.74, 6) is 0.578. The minimum absolute atomic E-state index is 0.201. The summed E-state index contributed by atoms with van der Waals surface area (Å²) >= 11 is 0. The molecule has 1 fully saturated rings. The van der Waals surface area contributed by atoms with Gasteiger partial charge in [-0.15, -0.1) is 0 Å². The number of anilines is 2. The van der Waals surface area contributed by atoms with Crippen LogP contribution in [0.25, 0.3) is 0 Å². The predicted molar refractivity (Wildman–Crippen MR) is 72.1 cm³/mol. The molecular formula is C11H19N4OP. The Morgan fingerprint density at radius 2 is 2.47 bits per heavy atom. The van der Waals surface area contributed by atoms with Crippen LogP contribution in [0.1, 0.15) is 13.3 Å². The van der Waals surface area contributed by atoms with Crippen LogP contribution in [0.15, 0.2) is 18.5 Å². The van der Waals surface area contributed by atoms with E-state index in [1.165, 1.54) is 0 Å². The van der Waals surface area contributed by atoms with E-state index in [1.54, 1.807) is 12.4 Å². The molecule has 94 valence electrons. The van der Waals surface area contributed by atoms with Gasteiger partial charge in [-0.25, -0.2) is 0 Å². The maximum absolute atomic E-state index is 9.01. The van der Waals surface area contributed by atoms with E-state index in [4.69, 9.17) is 10.6 Å². The quantitative estimate of drug-likeness (QED) is 0.701. The Kier molecular flexibility index (Phi) is 4.15. The highest BCUT2D eigenvalue weighted by Crippen LogP contribution is 2.27. The maximum atomic E-state index is 9.01. The van der Waals surface area contributed by atoms with Crippen LogP contribution in [0.4, 0.5) is 11.4 Å². The topological polar surface area (TPSA) is 74.4 Å². The van der Waals surface area contributed by atoms with Gasteiger partial charge in [0.2, 0.25) is 0 Å². The number of piperidine rings is 1. The Hall–Kier alpha value is -0.900. The molecule has 1 aliphatic heterocycles. The van der Waals surface area contributed by atoms with Gasteiger partial charge in [-0.1, -0.05) is 6.92 Å². The van der Waals surface area contributed by atoms with Crippen LogP contribution in [-0.2, 0) is 0 Å². The second-order valence-corrected chi connectivity index (χ2v) is 5.02. The van der Waals surface area contributed by atoms with Crippen LogP contribution < -0.4 is 15.7 Å². The van der Waals surface area contributed by atoms with E-state index >= 15 is 0 Å². The molecule has 1 aliphatic rings. The third-order valence-corrected chi connectivity index (χ3v) is 3.88. The lowest BCUT2D eigenvalue weighted by atomic mass is 9.94. The van der Waals surface area contributed by atoms with E-state index in [0.717, 1.165) is 25.2 Å². The summed E-state index contributed by atoms with van der Waals surface area (Å²) in [4.78, 5) is 15.3. The third-order valence-electron chi connectivity index (χ3n) is 3.38. The Morgan fingerprint density at radius 1 is 1.65 bits per heavy atom. The van der Waals surface area contributed by atoms with Gasteiger partial charge in [-0.2, -0.15) is 0 Å². The van der Waals surface area contributed by atoms with Crippen LogP contribution in [0, 0.1) is 5.92 Å². The molecule has 3 atom stereocenters. The van der Waals surface area contributed by atoms with Gasteiger partial charge in [-0.3, -0.25) is 10.1 Å². The van der Waals surface area contributed by atoms with Crippen molar-refractivity contribution in [2.24, 2.45) is 5.92 Å². The molecular weight excluding hydrogens is 235 g/mol. The number of hydrogen-bond donors (Lipinski definition) is 3. The highest BCUT2D eigenvalue weighted by atomic mass is 31.1. The van der Waals surface area contributed by atoms with Gasteiger partial charge in [0.05, 0.1) is 26.5 Å². The van der Waals surface area contributed by atoms with Crippen molar-refractivity contribution in [2.45, 2.75) is 19.4 Å². The maximum Gasteiger partial charge on any atom is 0.0828 e. The smallest absolute Gasteiger partial charge is 0.0828 e. The van der Waals surface area contributed by atoms with Crippen molar-refractivity contribution in [1.82, 2.24) is 10.1 Å². The fraction of sp³-hybridized carbons (Fsp3) is 0.545. The molecule has 0 bridgehead atoms. The van der Waals surface area contributed by atoms with Crippen molar-refractivity contribution in [2.75, 3.05) is 23.7 Å². The molecule has 1 saturated heterocycles. The van der Waals surface area contributed by atoms with Crippen molar-refractivity contribution in [3.05, 3.63) is 18.5 Å². The van der Waals surface area contributed by atoms with Gasteiger partial charge < -0.3 is 15.5 Å². The first-order valence-corrected chi connectivity index (χ1v) is 6.76. The Balaban J connectivity index is 2.10. The van der Waals surface area contributed by atoms with E-state index in [0.29, 0.717) is 17.6 Å². The van der Waals surface area contributed by atoms with E-state index in [-0.39, 0.29) is 8.96 Å². The van der Waals surface area contributed by atoms with Crippen molar-refractivity contribution >= 4 is 20.3 Å². The van der Waals surface area contributed by atoms with Gasteiger partial charge in [0.15, 0.2) is 0 Å². The third kappa shape index (κ3) is 2.86. The zero-order valence-corrected chi connectivity index (χ0v) is 10.9. The zero-order chi connectivity index (χ0) is 12.3. The molecule has 0 aromatic carbocycles. The first-order valence-electron chi connectivity index (χ1n) is 5.81. The van der Waals surface area contributed by atoms with Crippen LogP contribution in [0.3, 0.4) is 0 Å². The number of rotatable bonds is 3. The summed E-state index contributed by atoms with van der Waals surface area (Å²) in [5, 5.41) is 3.14. The molecule has 3 unspecified atom stereocenters. The van der Waals surface area contributed by atoms with Gasteiger partial charge >= 0.3 is 0 Å². The summed E-state index contributed by atoms with van der Waals surface area (Å²) in [6.45, 7) is 4.09. The fourth-order valence-corrected chi connectivity index (χ4v) is 2.79. The SMILES string of the molecule is CC1CCN(c2ccncc2N)CC1NPO. The molecule has 2 heterocycles. The summed E-state index contributed by atoms with van der Waals surface area (Å²) in [5.41, 5.74) is 7.69. The lowest BCUT2D eigenvalue weighted by Gasteiger charge is -2.38. The molecule has 0 amide bonds. The normalized spacial score (nSPS) is 25.6. The standard InChI is InChI=1S/C11H19N4OP/c1-8-3-5-15(7-10(8)14-17-16)11-2-4-13-6-9(11)12/h2,4,6,8,10,14,16-17H,3,5,7,12H2,1H3. The molecule has 17 heavy (non-hydrogen) atoms. The predicted octanol–water partition coefficient (Wildman–Crippen LogP) is 0.969. The lowest BCUT2D eigenvalue weighted by molar-refractivity contribution is 0.357. The minimum Gasteiger partial charge on any atom is -0.396 e. The van der Waals surface area contributed by atoms with Crippen molar-refractivity contribution in [3.8, 4) is 0 Å². The largest absolute Gasteiger partial charge is 0.396 e. The number of aromatic nitrogens is 1. The molecule has 0 aliphatic carbocycles. The molecule has 6 heteroatoms.